The van der Waals surface area contributed by atoms with Gasteiger partial charge in [-0.15, -0.1) is 11.3 Å². The van der Waals surface area contributed by atoms with Crippen molar-refractivity contribution in [1.29, 1.82) is 0 Å². The second kappa shape index (κ2) is 5.09. The molecule has 0 unspecified atom stereocenters. The fourth-order valence-electron chi connectivity index (χ4n) is 3.35. The highest BCUT2D eigenvalue weighted by Crippen LogP contribution is 2.46. The van der Waals surface area contributed by atoms with Crippen LogP contribution in [0.4, 0.5) is 5.13 Å². The minimum Gasteiger partial charge on any atom is -0.354 e. The molecule has 0 N–H and O–H groups in total. The van der Waals surface area contributed by atoms with Crippen molar-refractivity contribution >= 4 is 16.5 Å². The van der Waals surface area contributed by atoms with Gasteiger partial charge >= 0.3 is 0 Å². The minimum atomic E-state index is 0.251. The first kappa shape index (κ1) is 15.5. The summed E-state index contributed by atoms with van der Waals surface area (Å²) in [5, 5.41) is 3.23. The maximum atomic E-state index is 4.76. The Morgan fingerprint density at radius 2 is 1.64 bits per heavy atom. The van der Waals surface area contributed by atoms with Crippen LogP contribution in [0.5, 0.6) is 0 Å². The molecule has 2 nitrogen and oxygen atoms in total. The fraction of sp³-hybridized carbons (Fsp3) is 0.526. The molecule has 0 bridgehead atoms. The highest BCUT2D eigenvalue weighted by Gasteiger charge is 2.37. The van der Waals surface area contributed by atoms with Crippen molar-refractivity contribution in [3.05, 3.63) is 34.7 Å². The Morgan fingerprint density at radius 1 is 1.00 bits per heavy atom. The second-order valence-corrected chi connectivity index (χ2v) is 8.77. The zero-order chi connectivity index (χ0) is 16.1. The molecule has 1 aromatic carbocycles. The highest BCUT2D eigenvalue weighted by molar-refractivity contribution is 7.14. The van der Waals surface area contributed by atoms with Gasteiger partial charge in [-0.25, -0.2) is 4.98 Å². The predicted octanol–water partition coefficient (Wildman–Crippen LogP) is 5.23. The van der Waals surface area contributed by atoms with Crippen LogP contribution < -0.4 is 4.90 Å². The van der Waals surface area contributed by atoms with Gasteiger partial charge < -0.3 is 4.90 Å². The molecular weight excluding hydrogens is 288 g/mol. The number of benzene rings is 1. The predicted molar refractivity (Wildman–Crippen MR) is 97.2 cm³/mol. The van der Waals surface area contributed by atoms with Crippen LogP contribution in [0.2, 0.25) is 0 Å². The topological polar surface area (TPSA) is 16.1 Å². The van der Waals surface area contributed by atoms with Crippen molar-refractivity contribution in [2.24, 2.45) is 0 Å². The standard InChI is InChI=1S/C19H26N2S/c1-18(2)9-10-19(3,4)15-11-13(7-8-14(15)18)16-12-22-17(20-16)21(5)6/h7-8,11-12H,9-10H2,1-6H3. The molecule has 3 rings (SSSR count). The lowest BCUT2D eigenvalue weighted by atomic mass is 9.63. The Hall–Kier alpha value is -1.35. The van der Waals surface area contributed by atoms with E-state index in [1.54, 1.807) is 11.3 Å². The van der Waals surface area contributed by atoms with E-state index in [0.717, 1.165) is 10.8 Å². The van der Waals surface area contributed by atoms with Crippen LogP contribution in [0.15, 0.2) is 23.6 Å². The van der Waals surface area contributed by atoms with Gasteiger partial charge in [0.05, 0.1) is 5.69 Å². The summed E-state index contributed by atoms with van der Waals surface area (Å²) in [7, 11) is 4.09. The first-order valence-corrected chi connectivity index (χ1v) is 8.87. The zero-order valence-corrected chi connectivity index (χ0v) is 15.3. The van der Waals surface area contributed by atoms with Gasteiger partial charge in [-0.1, -0.05) is 39.8 Å². The molecule has 0 saturated heterocycles. The average molecular weight is 314 g/mol. The van der Waals surface area contributed by atoms with Crippen LogP contribution in [0.3, 0.4) is 0 Å². The molecule has 2 aromatic rings. The summed E-state index contributed by atoms with van der Waals surface area (Å²) in [6, 6.07) is 6.96. The van der Waals surface area contributed by atoms with Crippen LogP contribution in [-0.4, -0.2) is 19.1 Å². The molecule has 0 spiro atoms. The highest BCUT2D eigenvalue weighted by atomic mass is 32.1. The molecule has 1 aliphatic rings. The first-order chi connectivity index (χ1) is 10.2. The van der Waals surface area contributed by atoms with Crippen molar-refractivity contribution in [2.45, 2.75) is 51.4 Å². The largest absolute Gasteiger partial charge is 0.354 e. The number of fused-ring (bicyclic) bond motifs is 1. The number of anilines is 1. The lowest BCUT2D eigenvalue weighted by Gasteiger charge is -2.42. The molecule has 0 amide bonds. The number of hydrogen-bond donors (Lipinski definition) is 0. The summed E-state index contributed by atoms with van der Waals surface area (Å²) in [4.78, 5) is 6.83. The summed E-state index contributed by atoms with van der Waals surface area (Å²) >= 11 is 1.70. The molecule has 0 atom stereocenters. The minimum absolute atomic E-state index is 0.251. The summed E-state index contributed by atoms with van der Waals surface area (Å²) in [5.74, 6) is 0. The van der Waals surface area contributed by atoms with Crippen LogP contribution >= 0.6 is 11.3 Å². The van der Waals surface area contributed by atoms with E-state index < -0.39 is 0 Å². The molecule has 0 saturated carbocycles. The van der Waals surface area contributed by atoms with Crippen LogP contribution in [-0.2, 0) is 10.8 Å². The van der Waals surface area contributed by atoms with Gasteiger partial charge in [-0.3, -0.25) is 0 Å². The van der Waals surface area contributed by atoms with Crippen molar-refractivity contribution in [3.63, 3.8) is 0 Å². The van der Waals surface area contributed by atoms with Gasteiger partial charge in [0, 0.05) is 25.0 Å². The molecule has 1 aromatic heterocycles. The Kier molecular flexibility index (Phi) is 3.59. The van der Waals surface area contributed by atoms with Crippen molar-refractivity contribution in [2.75, 3.05) is 19.0 Å². The van der Waals surface area contributed by atoms with Gasteiger partial charge in [0.1, 0.15) is 0 Å². The van der Waals surface area contributed by atoms with E-state index in [1.165, 1.54) is 29.5 Å². The van der Waals surface area contributed by atoms with Crippen LogP contribution in [0, 0.1) is 0 Å². The van der Waals surface area contributed by atoms with Gasteiger partial charge in [0.25, 0.3) is 0 Å². The maximum Gasteiger partial charge on any atom is 0.185 e. The van der Waals surface area contributed by atoms with E-state index in [1.807, 2.05) is 14.1 Å². The lowest BCUT2D eigenvalue weighted by Crippen LogP contribution is -2.33. The normalized spacial score (nSPS) is 18.8. The summed E-state index contributed by atoms with van der Waals surface area (Å²) in [6.07, 6.45) is 2.50. The van der Waals surface area contributed by atoms with Crippen molar-refractivity contribution in [1.82, 2.24) is 4.98 Å². The summed E-state index contributed by atoms with van der Waals surface area (Å²) < 4.78 is 0. The number of rotatable bonds is 2. The molecule has 22 heavy (non-hydrogen) atoms. The molecule has 0 fully saturated rings. The van der Waals surface area contributed by atoms with Gasteiger partial charge in [0.2, 0.25) is 0 Å². The zero-order valence-electron chi connectivity index (χ0n) is 14.5. The monoisotopic (exact) mass is 314 g/mol. The smallest absolute Gasteiger partial charge is 0.185 e. The van der Waals surface area contributed by atoms with Crippen LogP contribution in [0.1, 0.15) is 51.7 Å². The Balaban J connectivity index is 2.09. The van der Waals surface area contributed by atoms with E-state index >= 15 is 0 Å². The van der Waals surface area contributed by atoms with Crippen LogP contribution in [0.25, 0.3) is 11.3 Å². The molecule has 3 heteroatoms. The molecular formula is C19H26N2S. The quantitative estimate of drug-likeness (QED) is 0.755. The molecule has 1 heterocycles. The first-order valence-electron chi connectivity index (χ1n) is 7.99. The number of nitrogens with zero attached hydrogens (tertiary/aromatic N) is 2. The van der Waals surface area contributed by atoms with E-state index in [4.69, 9.17) is 4.98 Å². The van der Waals surface area contributed by atoms with Crippen molar-refractivity contribution in [3.8, 4) is 11.3 Å². The fourth-order valence-corrected chi connectivity index (χ4v) is 4.12. The third-order valence-electron chi connectivity index (χ3n) is 5.02. The summed E-state index contributed by atoms with van der Waals surface area (Å²) in [6.45, 7) is 9.48. The number of aromatic nitrogens is 1. The third-order valence-corrected chi connectivity index (χ3v) is 6.03. The SMILES string of the molecule is CN(C)c1nc(-c2ccc3c(c2)C(C)(C)CCC3(C)C)cs1. The lowest BCUT2D eigenvalue weighted by molar-refractivity contribution is 0.332. The second-order valence-electron chi connectivity index (χ2n) is 7.94. The average Bonchev–Trinajstić information content (AvgIpc) is 2.94. The van der Waals surface area contributed by atoms with Gasteiger partial charge in [-0.05, 0) is 40.9 Å². The van der Waals surface area contributed by atoms with Crippen molar-refractivity contribution < 1.29 is 0 Å². The molecule has 0 aliphatic heterocycles. The Bertz CT molecular complexity index is 695. The number of hydrogen-bond acceptors (Lipinski definition) is 3. The van der Waals surface area contributed by atoms with Gasteiger partial charge in [-0.2, -0.15) is 0 Å². The molecule has 118 valence electrons. The Labute approximate surface area is 138 Å². The van der Waals surface area contributed by atoms with Gasteiger partial charge in [0.15, 0.2) is 5.13 Å². The van der Waals surface area contributed by atoms with E-state index in [2.05, 4.69) is 56.2 Å². The molecule has 1 aliphatic carbocycles. The Morgan fingerprint density at radius 3 is 2.23 bits per heavy atom. The van der Waals surface area contributed by atoms with E-state index in [-0.39, 0.29) is 10.8 Å². The van der Waals surface area contributed by atoms with E-state index in [9.17, 15) is 0 Å². The summed E-state index contributed by atoms with van der Waals surface area (Å²) in [5.41, 5.74) is 5.88. The number of thiazole rings is 1. The molecule has 0 radical (unpaired) electrons. The third kappa shape index (κ3) is 2.56. The maximum absolute atomic E-state index is 4.76. The van der Waals surface area contributed by atoms with E-state index in [0.29, 0.717) is 0 Å².